The Labute approximate surface area is 290 Å². The highest BCUT2D eigenvalue weighted by Crippen LogP contribution is 2.37. The molecule has 0 fully saturated rings. The Morgan fingerprint density at radius 1 is 0.735 bits per heavy atom. The van der Waals surface area contributed by atoms with Crippen LogP contribution in [0.1, 0.15) is 63.6 Å². The third-order valence-electron chi connectivity index (χ3n) is 9.24. The summed E-state index contributed by atoms with van der Waals surface area (Å²) in [7, 11) is 0. The fraction of sp³-hybridized carbons (Fsp3) is 0.273. The fourth-order valence-electron chi connectivity index (χ4n) is 7.01. The molecule has 0 atom stereocenters. The first-order valence-electron chi connectivity index (χ1n) is 17.5. The van der Waals surface area contributed by atoms with Gasteiger partial charge in [-0.15, -0.1) is 0 Å². The van der Waals surface area contributed by atoms with Crippen molar-refractivity contribution in [1.29, 1.82) is 0 Å². The topological polar surface area (TPSA) is 44.9 Å². The monoisotopic (exact) mass is 646 g/mol. The molecule has 4 aromatic carbocycles. The molecule has 0 unspecified atom stereocenters. The van der Waals surface area contributed by atoms with E-state index in [1.807, 2.05) is 29.1 Å². The van der Waals surface area contributed by atoms with Gasteiger partial charge in [-0.1, -0.05) is 77.1 Å². The first kappa shape index (κ1) is 32.4. The molecule has 0 amide bonds. The van der Waals surface area contributed by atoms with Gasteiger partial charge in [-0.2, -0.15) is 5.10 Å². The zero-order valence-corrected chi connectivity index (χ0v) is 29.8. The van der Waals surface area contributed by atoms with E-state index in [1.54, 1.807) is 0 Å². The van der Waals surface area contributed by atoms with Crippen LogP contribution in [0, 0.1) is 25.2 Å². The largest absolute Gasteiger partial charge is 0.457 e. The minimum atomic E-state index is 0.177. The lowest BCUT2D eigenvalue weighted by Crippen LogP contribution is -2.10. The summed E-state index contributed by atoms with van der Waals surface area (Å²) < 4.78 is 10.9. The van der Waals surface area contributed by atoms with E-state index in [-0.39, 0.29) is 5.41 Å². The minimum Gasteiger partial charge on any atom is -0.457 e. The van der Waals surface area contributed by atoms with Gasteiger partial charge in [-0.3, -0.25) is 4.57 Å². The van der Waals surface area contributed by atoms with Gasteiger partial charge in [0.15, 0.2) is 0 Å². The summed E-state index contributed by atoms with van der Waals surface area (Å²) in [6.45, 7) is 15.6. The van der Waals surface area contributed by atoms with Gasteiger partial charge in [0.05, 0.1) is 22.4 Å². The number of hydrogen-bond acceptors (Lipinski definition) is 3. The van der Waals surface area contributed by atoms with Crippen molar-refractivity contribution in [2.75, 3.05) is 0 Å². The predicted molar refractivity (Wildman–Crippen MR) is 203 cm³/mol. The maximum atomic E-state index is 6.60. The number of pyridine rings is 1. The molecule has 5 heteroatoms. The van der Waals surface area contributed by atoms with Gasteiger partial charge in [0, 0.05) is 40.4 Å². The summed E-state index contributed by atoms with van der Waals surface area (Å²) in [6, 6.07) is 36.4. The SMILES string of the molecule is Cc1nn(-c2cccc(Oc3ccc4c5cc(CCC(C)C)ccc5n(-c5cc(CC(C)(C)C)ccn5)c4c3)c2)c(C)c1-c1ccccc1. The van der Waals surface area contributed by atoms with Crippen LogP contribution in [0.3, 0.4) is 0 Å². The summed E-state index contributed by atoms with van der Waals surface area (Å²) in [5.74, 6) is 3.12. The fourth-order valence-corrected chi connectivity index (χ4v) is 7.01. The number of ether oxygens (including phenoxy) is 1. The molecule has 3 heterocycles. The molecule has 0 radical (unpaired) electrons. The number of benzene rings is 4. The Kier molecular flexibility index (Phi) is 8.62. The highest BCUT2D eigenvalue weighted by atomic mass is 16.5. The van der Waals surface area contributed by atoms with Crippen molar-refractivity contribution < 1.29 is 4.74 Å². The summed E-state index contributed by atoms with van der Waals surface area (Å²) in [5, 5.41) is 7.36. The number of aryl methyl sites for hydroxylation is 2. The molecule has 0 bridgehead atoms. The Morgan fingerprint density at radius 3 is 2.31 bits per heavy atom. The molecule has 0 aliphatic rings. The molecular formula is C44H46N4O. The second-order valence-corrected chi connectivity index (χ2v) is 15.0. The Hall–Kier alpha value is -5.16. The van der Waals surface area contributed by atoms with E-state index >= 15 is 0 Å². The van der Waals surface area contributed by atoms with E-state index < -0.39 is 0 Å². The number of hydrogen-bond donors (Lipinski definition) is 0. The lowest BCUT2D eigenvalue weighted by molar-refractivity contribution is 0.411. The quantitative estimate of drug-likeness (QED) is 0.157. The van der Waals surface area contributed by atoms with E-state index in [1.165, 1.54) is 33.9 Å². The van der Waals surface area contributed by atoms with Crippen molar-refractivity contribution in [2.24, 2.45) is 11.3 Å². The number of fused-ring (bicyclic) bond motifs is 3. The molecule has 3 aromatic heterocycles. The average Bonchev–Trinajstić information content (AvgIpc) is 3.55. The van der Waals surface area contributed by atoms with Crippen LogP contribution in [0.2, 0.25) is 0 Å². The zero-order valence-electron chi connectivity index (χ0n) is 29.8. The molecule has 248 valence electrons. The number of aromatic nitrogens is 4. The van der Waals surface area contributed by atoms with Crippen LogP contribution < -0.4 is 4.74 Å². The van der Waals surface area contributed by atoms with E-state index in [0.717, 1.165) is 63.8 Å². The molecular weight excluding hydrogens is 601 g/mol. The summed E-state index contributed by atoms with van der Waals surface area (Å²) in [6.07, 6.45) is 5.16. The van der Waals surface area contributed by atoms with Gasteiger partial charge in [0.25, 0.3) is 0 Å². The third kappa shape index (κ3) is 6.76. The number of nitrogens with zero attached hydrogens (tertiary/aromatic N) is 4. The third-order valence-corrected chi connectivity index (χ3v) is 9.24. The van der Waals surface area contributed by atoms with E-state index in [2.05, 4.69) is 138 Å². The maximum Gasteiger partial charge on any atom is 0.137 e. The van der Waals surface area contributed by atoms with Gasteiger partial charge in [0.1, 0.15) is 17.3 Å². The highest BCUT2D eigenvalue weighted by Gasteiger charge is 2.18. The smallest absolute Gasteiger partial charge is 0.137 e. The standard InChI is InChI=1S/C44H46N4O/c1-29(2)16-17-32-18-21-40-39(24-32)38-20-19-37(27-41(38)47(40)42-25-33(22-23-45-42)28-44(5,6)7)49-36-15-11-14-35(26-36)48-31(4)43(30(3)46-48)34-12-9-8-10-13-34/h8-15,18-27,29H,16-17,28H2,1-7H3. The van der Waals surface area contributed by atoms with Crippen LogP contribution in [-0.2, 0) is 12.8 Å². The molecule has 0 saturated carbocycles. The van der Waals surface area contributed by atoms with E-state index in [9.17, 15) is 0 Å². The van der Waals surface area contributed by atoms with Crippen LogP contribution in [-0.4, -0.2) is 19.3 Å². The summed E-state index contributed by atoms with van der Waals surface area (Å²) >= 11 is 0. The second-order valence-electron chi connectivity index (χ2n) is 15.0. The van der Waals surface area contributed by atoms with Crippen molar-refractivity contribution in [3.8, 4) is 34.1 Å². The van der Waals surface area contributed by atoms with Crippen LogP contribution in [0.15, 0.2) is 109 Å². The van der Waals surface area contributed by atoms with E-state index in [4.69, 9.17) is 14.8 Å². The molecule has 0 aliphatic heterocycles. The Balaban J connectivity index is 1.29. The predicted octanol–water partition coefficient (Wildman–Crippen LogP) is 11.6. The van der Waals surface area contributed by atoms with Crippen molar-refractivity contribution in [3.63, 3.8) is 0 Å². The van der Waals surface area contributed by atoms with Crippen LogP contribution in [0.5, 0.6) is 11.5 Å². The molecule has 0 spiro atoms. The number of rotatable bonds is 9. The van der Waals surface area contributed by atoms with Gasteiger partial charge in [-0.05, 0) is 110 Å². The molecule has 7 rings (SSSR count). The van der Waals surface area contributed by atoms with Gasteiger partial charge >= 0.3 is 0 Å². The van der Waals surface area contributed by atoms with Crippen molar-refractivity contribution in [3.05, 3.63) is 132 Å². The maximum absolute atomic E-state index is 6.60. The van der Waals surface area contributed by atoms with E-state index in [0.29, 0.717) is 5.92 Å². The average molecular weight is 647 g/mol. The summed E-state index contributed by atoms with van der Waals surface area (Å²) in [4.78, 5) is 4.90. The van der Waals surface area contributed by atoms with Crippen LogP contribution in [0.4, 0.5) is 0 Å². The van der Waals surface area contributed by atoms with Crippen molar-refractivity contribution in [1.82, 2.24) is 19.3 Å². The first-order chi connectivity index (χ1) is 23.5. The zero-order chi connectivity index (χ0) is 34.3. The van der Waals surface area contributed by atoms with Crippen molar-refractivity contribution >= 4 is 21.8 Å². The highest BCUT2D eigenvalue weighted by molar-refractivity contribution is 6.09. The van der Waals surface area contributed by atoms with Gasteiger partial charge < -0.3 is 4.74 Å². The Morgan fingerprint density at radius 2 is 1.53 bits per heavy atom. The molecule has 7 aromatic rings. The minimum absolute atomic E-state index is 0.177. The normalized spacial score (nSPS) is 12.0. The summed E-state index contributed by atoms with van der Waals surface area (Å²) in [5.41, 5.74) is 10.5. The molecule has 0 saturated heterocycles. The molecule has 49 heavy (non-hydrogen) atoms. The van der Waals surface area contributed by atoms with Crippen molar-refractivity contribution in [2.45, 2.75) is 67.7 Å². The van der Waals surface area contributed by atoms with Crippen LogP contribution >= 0.6 is 0 Å². The molecule has 5 nitrogen and oxygen atoms in total. The van der Waals surface area contributed by atoms with Crippen LogP contribution in [0.25, 0.3) is 44.4 Å². The lowest BCUT2D eigenvalue weighted by Gasteiger charge is -2.18. The molecule has 0 N–H and O–H groups in total. The first-order valence-corrected chi connectivity index (χ1v) is 17.5. The van der Waals surface area contributed by atoms with Gasteiger partial charge in [-0.25, -0.2) is 9.67 Å². The van der Waals surface area contributed by atoms with Gasteiger partial charge in [0.2, 0.25) is 0 Å². The Bertz CT molecular complexity index is 2270. The second kappa shape index (κ2) is 13.0. The lowest BCUT2D eigenvalue weighted by atomic mass is 9.88. The molecule has 0 aliphatic carbocycles.